The van der Waals surface area contributed by atoms with Crippen molar-refractivity contribution in [2.75, 3.05) is 0 Å². The molecule has 0 N–H and O–H groups in total. The van der Waals surface area contributed by atoms with E-state index in [1.54, 1.807) is 0 Å². The standard InChI is InChI=1S/C34H21N3O2/c1-20-17-18-27-25(19-20)31-24(13-8-16-29(31)39-27)34-36-32(21-9-3-2-4-10-21)35-33(37-34)23-12-7-15-28-30(23)22-11-5-6-14-26(22)38-28/h2-19H,1H3. The third-order valence-electron chi connectivity index (χ3n) is 7.20. The largest absolute Gasteiger partial charge is 0.456 e. The quantitative estimate of drug-likeness (QED) is 0.241. The number of aromatic nitrogens is 3. The predicted octanol–water partition coefficient (Wildman–Crippen LogP) is 8.98. The van der Waals surface area contributed by atoms with Gasteiger partial charge in [0.2, 0.25) is 0 Å². The lowest BCUT2D eigenvalue weighted by atomic mass is 10.0. The van der Waals surface area contributed by atoms with Gasteiger partial charge in [0, 0.05) is 38.2 Å². The number of aryl methyl sites for hydroxylation is 1. The summed E-state index contributed by atoms with van der Waals surface area (Å²) in [5.41, 5.74) is 7.18. The van der Waals surface area contributed by atoms with Gasteiger partial charge in [0.1, 0.15) is 22.3 Å². The van der Waals surface area contributed by atoms with E-state index >= 15 is 0 Å². The molecule has 0 atom stereocenters. The summed E-state index contributed by atoms with van der Waals surface area (Å²) in [6.45, 7) is 2.09. The minimum Gasteiger partial charge on any atom is -0.456 e. The Kier molecular flexibility index (Phi) is 4.67. The second kappa shape index (κ2) is 8.36. The smallest absolute Gasteiger partial charge is 0.164 e. The van der Waals surface area contributed by atoms with E-state index in [2.05, 4.69) is 37.3 Å². The van der Waals surface area contributed by atoms with Gasteiger partial charge in [-0.1, -0.05) is 84.4 Å². The Morgan fingerprint density at radius 3 is 1.74 bits per heavy atom. The average Bonchev–Trinajstić information content (AvgIpc) is 3.55. The van der Waals surface area contributed by atoms with Crippen molar-refractivity contribution in [2.45, 2.75) is 6.92 Å². The monoisotopic (exact) mass is 503 g/mol. The zero-order valence-electron chi connectivity index (χ0n) is 21.1. The molecule has 0 spiro atoms. The van der Waals surface area contributed by atoms with Crippen LogP contribution in [0.4, 0.5) is 0 Å². The lowest BCUT2D eigenvalue weighted by Gasteiger charge is -2.10. The number of furan rings is 2. The molecule has 0 saturated carbocycles. The number of hydrogen-bond donors (Lipinski definition) is 0. The summed E-state index contributed by atoms with van der Waals surface area (Å²) < 4.78 is 12.4. The van der Waals surface area contributed by atoms with Crippen LogP contribution in [0, 0.1) is 6.92 Å². The van der Waals surface area contributed by atoms with Crippen LogP contribution in [0.15, 0.2) is 118 Å². The van der Waals surface area contributed by atoms with Crippen LogP contribution in [0.5, 0.6) is 0 Å². The van der Waals surface area contributed by atoms with Gasteiger partial charge in [0.15, 0.2) is 17.5 Å². The van der Waals surface area contributed by atoms with Crippen LogP contribution in [-0.2, 0) is 0 Å². The number of hydrogen-bond acceptors (Lipinski definition) is 5. The summed E-state index contributed by atoms with van der Waals surface area (Å²) in [7, 11) is 0. The minimum atomic E-state index is 0.594. The van der Waals surface area contributed by atoms with E-state index < -0.39 is 0 Å². The molecule has 3 aromatic heterocycles. The van der Waals surface area contributed by atoms with Crippen molar-refractivity contribution in [1.82, 2.24) is 15.0 Å². The number of para-hydroxylation sites is 1. The molecule has 0 aliphatic heterocycles. The van der Waals surface area contributed by atoms with E-state index in [1.807, 2.05) is 78.9 Å². The maximum Gasteiger partial charge on any atom is 0.164 e. The topological polar surface area (TPSA) is 65.0 Å². The molecule has 5 aromatic carbocycles. The van der Waals surface area contributed by atoms with E-state index in [-0.39, 0.29) is 0 Å². The van der Waals surface area contributed by atoms with Crippen molar-refractivity contribution < 1.29 is 8.83 Å². The highest BCUT2D eigenvalue weighted by atomic mass is 16.3. The van der Waals surface area contributed by atoms with Crippen LogP contribution in [-0.4, -0.2) is 15.0 Å². The molecule has 5 heteroatoms. The van der Waals surface area contributed by atoms with Gasteiger partial charge in [-0.25, -0.2) is 15.0 Å². The van der Waals surface area contributed by atoms with Crippen LogP contribution in [0.3, 0.4) is 0 Å². The lowest BCUT2D eigenvalue weighted by molar-refractivity contribution is 0.668. The number of rotatable bonds is 3. The Morgan fingerprint density at radius 1 is 0.462 bits per heavy atom. The molecule has 8 rings (SSSR count). The molecular formula is C34H21N3O2. The van der Waals surface area contributed by atoms with Crippen molar-refractivity contribution in [3.8, 4) is 34.2 Å². The average molecular weight is 504 g/mol. The van der Waals surface area contributed by atoms with Crippen molar-refractivity contribution in [3.05, 3.63) is 115 Å². The van der Waals surface area contributed by atoms with E-state index in [0.29, 0.717) is 17.5 Å². The number of fused-ring (bicyclic) bond motifs is 6. The Balaban J connectivity index is 1.46. The van der Waals surface area contributed by atoms with E-state index in [1.165, 1.54) is 5.56 Å². The summed E-state index contributed by atoms with van der Waals surface area (Å²) in [5, 5.41) is 4.07. The second-order valence-corrected chi connectivity index (χ2v) is 9.73. The molecule has 0 saturated heterocycles. The normalized spacial score (nSPS) is 11.7. The third kappa shape index (κ3) is 3.44. The first-order valence-electron chi connectivity index (χ1n) is 12.9. The van der Waals surface area contributed by atoms with Crippen LogP contribution >= 0.6 is 0 Å². The summed E-state index contributed by atoms with van der Waals surface area (Å²) >= 11 is 0. The molecule has 0 unspecified atom stereocenters. The van der Waals surface area contributed by atoms with Crippen LogP contribution in [0.1, 0.15) is 5.56 Å². The molecular weight excluding hydrogens is 482 g/mol. The molecule has 0 aliphatic rings. The first-order valence-corrected chi connectivity index (χ1v) is 12.9. The molecule has 184 valence electrons. The van der Waals surface area contributed by atoms with Crippen LogP contribution < -0.4 is 0 Å². The number of nitrogens with zero attached hydrogens (tertiary/aromatic N) is 3. The molecule has 8 aromatic rings. The third-order valence-corrected chi connectivity index (χ3v) is 7.20. The van der Waals surface area contributed by atoms with E-state index in [9.17, 15) is 0 Å². The van der Waals surface area contributed by atoms with E-state index in [4.69, 9.17) is 23.8 Å². The Bertz CT molecular complexity index is 2190. The first kappa shape index (κ1) is 21.8. The zero-order chi connectivity index (χ0) is 25.9. The predicted molar refractivity (Wildman–Crippen MR) is 155 cm³/mol. The highest BCUT2D eigenvalue weighted by molar-refractivity contribution is 6.13. The molecule has 0 fully saturated rings. The molecule has 0 bridgehead atoms. The molecule has 39 heavy (non-hydrogen) atoms. The SMILES string of the molecule is Cc1ccc2oc3cccc(-c4nc(-c5ccccc5)nc(-c5cccc6oc7ccccc7c56)n4)c3c2c1. The molecule has 5 nitrogen and oxygen atoms in total. The first-order chi connectivity index (χ1) is 19.2. The van der Waals surface area contributed by atoms with Crippen molar-refractivity contribution in [2.24, 2.45) is 0 Å². The van der Waals surface area contributed by atoms with Gasteiger partial charge >= 0.3 is 0 Å². The van der Waals surface area contributed by atoms with Gasteiger partial charge in [-0.05, 0) is 37.3 Å². The summed E-state index contributed by atoms with van der Waals surface area (Å²) in [5.74, 6) is 1.80. The van der Waals surface area contributed by atoms with E-state index in [0.717, 1.165) is 60.6 Å². The molecule has 0 amide bonds. The number of benzene rings is 5. The highest BCUT2D eigenvalue weighted by Gasteiger charge is 2.20. The van der Waals surface area contributed by atoms with Gasteiger partial charge in [0.05, 0.1) is 0 Å². The molecule has 3 heterocycles. The fourth-order valence-corrected chi connectivity index (χ4v) is 5.42. The van der Waals surface area contributed by atoms with Gasteiger partial charge in [-0.15, -0.1) is 0 Å². The molecule has 0 aliphatic carbocycles. The Labute approximate surface area is 223 Å². The van der Waals surface area contributed by atoms with Gasteiger partial charge in [0.25, 0.3) is 0 Å². The lowest BCUT2D eigenvalue weighted by Crippen LogP contribution is -2.00. The van der Waals surface area contributed by atoms with Crippen LogP contribution in [0.25, 0.3) is 78.0 Å². The Morgan fingerprint density at radius 2 is 1.03 bits per heavy atom. The second-order valence-electron chi connectivity index (χ2n) is 9.73. The maximum atomic E-state index is 6.21. The summed E-state index contributed by atoms with van der Waals surface area (Å²) in [4.78, 5) is 15.1. The van der Waals surface area contributed by atoms with Crippen molar-refractivity contribution >= 4 is 43.9 Å². The van der Waals surface area contributed by atoms with Crippen molar-refractivity contribution in [1.29, 1.82) is 0 Å². The fraction of sp³-hybridized carbons (Fsp3) is 0.0294. The fourth-order valence-electron chi connectivity index (χ4n) is 5.42. The maximum absolute atomic E-state index is 6.21. The molecule has 0 radical (unpaired) electrons. The van der Waals surface area contributed by atoms with Crippen LogP contribution in [0.2, 0.25) is 0 Å². The van der Waals surface area contributed by atoms with Gasteiger partial charge < -0.3 is 8.83 Å². The van der Waals surface area contributed by atoms with Gasteiger partial charge in [-0.2, -0.15) is 0 Å². The Hall–Kier alpha value is -5.29. The highest BCUT2D eigenvalue weighted by Crippen LogP contribution is 2.39. The summed E-state index contributed by atoms with van der Waals surface area (Å²) in [6, 6.07) is 36.4. The minimum absolute atomic E-state index is 0.594. The summed E-state index contributed by atoms with van der Waals surface area (Å²) in [6.07, 6.45) is 0. The van der Waals surface area contributed by atoms with Gasteiger partial charge in [-0.3, -0.25) is 0 Å². The van der Waals surface area contributed by atoms with Crippen molar-refractivity contribution in [3.63, 3.8) is 0 Å². The zero-order valence-corrected chi connectivity index (χ0v) is 21.1.